The number of anilines is 1. The number of benzene rings is 1. The molecule has 1 aromatic heterocycles. The number of rotatable bonds is 6. The van der Waals surface area contributed by atoms with Crippen LogP contribution in [-0.4, -0.2) is 25.6 Å². The first-order valence-corrected chi connectivity index (χ1v) is 10.1. The normalized spacial score (nSPS) is 15.7. The Morgan fingerprint density at radius 2 is 2.15 bits per heavy atom. The number of carbonyl (C=O) groups is 2. The zero-order valence-corrected chi connectivity index (χ0v) is 16.8. The first-order chi connectivity index (χ1) is 13.0. The van der Waals surface area contributed by atoms with Crippen LogP contribution < -0.4 is 10.1 Å². The van der Waals surface area contributed by atoms with Crippen molar-refractivity contribution in [2.75, 3.05) is 19.0 Å². The molecule has 1 aromatic carbocycles. The predicted octanol–water partition coefficient (Wildman–Crippen LogP) is 4.38. The second-order valence-corrected chi connectivity index (χ2v) is 7.98. The van der Waals surface area contributed by atoms with E-state index >= 15 is 0 Å². The molecule has 144 valence electrons. The van der Waals surface area contributed by atoms with Gasteiger partial charge in [-0.15, -0.1) is 11.3 Å². The second-order valence-electron chi connectivity index (χ2n) is 6.87. The maximum absolute atomic E-state index is 12.4. The molecule has 0 fully saturated rings. The highest BCUT2D eigenvalue weighted by Gasteiger charge is 2.29. The number of amides is 1. The summed E-state index contributed by atoms with van der Waals surface area (Å²) in [6, 6.07) is 7.54. The highest BCUT2D eigenvalue weighted by atomic mass is 32.1. The van der Waals surface area contributed by atoms with Gasteiger partial charge in [-0.2, -0.15) is 0 Å². The van der Waals surface area contributed by atoms with Crippen LogP contribution in [0.5, 0.6) is 5.75 Å². The lowest BCUT2D eigenvalue weighted by Crippen LogP contribution is -2.21. The van der Waals surface area contributed by atoms with Crippen molar-refractivity contribution in [1.82, 2.24) is 0 Å². The standard InChI is InChI=1S/C21H25NO4S/c1-4-14-8-9-16-17(11-14)27-20(19(16)21(24)25-3)22-18(23)12-26-15-7-5-6-13(2)10-15/h5-7,10,14H,4,8-9,11-12H2,1-3H3,(H,22,23). The summed E-state index contributed by atoms with van der Waals surface area (Å²) in [7, 11) is 1.37. The monoisotopic (exact) mass is 387 g/mol. The fourth-order valence-corrected chi connectivity index (χ4v) is 4.79. The second kappa shape index (κ2) is 8.57. The van der Waals surface area contributed by atoms with E-state index in [4.69, 9.17) is 9.47 Å². The Hall–Kier alpha value is -2.34. The molecule has 1 unspecified atom stereocenters. The summed E-state index contributed by atoms with van der Waals surface area (Å²) in [5.41, 5.74) is 2.61. The number of nitrogens with one attached hydrogen (secondary N) is 1. The van der Waals surface area contributed by atoms with Crippen molar-refractivity contribution in [2.24, 2.45) is 5.92 Å². The maximum Gasteiger partial charge on any atom is 0.341 e. The van der Waals surface area contributed by atoms with Crippen LogP contribution in [0.2, 0.25) is 0 Å². The topological polar surface area (TPSA) is 64.6 Å². The molecule has 0 saturated carbocycles. The number of fused-ring (bicyclic) bond motifs is 1. The number of hydrogen-bond donors (Lipinski definition) is 1. The number of hydrogen-bond acceptors (Lipinski definition) is 5. The van der Waals surface area contributed by atoms with Gasteiger partial charge in [0, 0.05) is 4.88 Å². The molecule has 0 saturated heterocycles. The molecule has 0 bridgehead atoms. The molecule has 1 aliphatic carbocycles. The van der Waals surface area contributed by atoms with Gasteiger partial charge in [0.05, 0.1) is 12.7 Å². The van der Waals surface area contributed by atoms with Crippen LogP contribution in [0.3, 0.4) is 0 Å². The van der Waals surface area contributed by atoms with Crippen LogP contribution in [0.4, 0.5) is 5.00 Å². The van der Waals surface area contributed by atoms with E-state index in [0.717, 1.165) is 36.8 Å². The summed E-state index contributed by atoms with van der Waals surface area (Å²) in [5.74, 6) is 0.606. The Bertz CT molecular complexity index is 843. The minimum absolute atomic E-state index is 0.107. The molecule has 3 rings (SSSR count). The lowest BCUT2D eigenvalue weighted by Gasteiger charge is -2.20. The Balaban J connectivity index is 1.74. The van der Waals surface area contributed by atoms with Gasteiger partial charge < -0.3 is 14.8 Å². The van der Waals surface area contributed by atoms with Crippen molar-refractivity contribution in [3.8, 4) is 5.75 Å². The third-order valence-electron chi connectivity index (χ3n) is 4.95. The van der Waals surface area contributed by atoms with Gasteiger partial charge >= 0.3 is 5.97 Å². The van der Waals surface area contributed by atoms with Gasteiger partial charge in [-0.3, -0.25) is 4.79 Å². The number of carbonyl (C=O) groups excluding carboxylic acids is 2. The molecule has 0 radical (unpaired) electrons. The molecule has 1 N–H and O–H groups in total. The van der Waals surface area contributed by atoms with Gasteiger partial charge in [0.1, 0.15) is 10.8 Å². The van der Waals surface area contributed by atoms with Crippen molar-refractivity contribution >= 4 is 28.2 Å². The molecule has 27 heavy (non-hydrogen) atoms. The first-order valence-electron chi connectivity index (χ1n) is 9.24. The number of methoxy groups -OCH3 is 1. The summed E-state index contributed by atoms with van der Waals surface area (Å²) < 4.78 is 10.5. The molecular formula is C21H25NO4S. The van der Waals surface area contributed by atoms with E-state index in [1.54, 1.807) is 0 Å². The fraction of sp³-hybridized carbons (Fsp3) is 0.429. The zero-order chi connectivity index (χ0) is 19.4. The number of esters is 1. The minimum Gasteiger partial charge on any atom is -0.484 e. The van der Waals surface area contributed by atoms with E-state index < -0.39 is 5.97 Å². The Kier molecular flexibility index (Phi) is 6.16. The molecule has 1 heterocycles. The lowest BCUT2D eigenvalue weighted by molar-refractivity contribution is -0.118. The molecule has 6 heteroatoms. The van der Waals surface area contributed by atoms with E-state index in [1.165, 1.54) is 23.3 Å². The lowest BCUT2D eigenvalue weighted by atomic mass is 9.86. The average molecular weight is 388 g/mol. The number of aryl methyl sites for hydroxylation is 1. The molecule has 0 spiro atoms. The predicted molar refractivity (Wildman–Crippen MR) is 107 cm³/mol. The van der Waals surface area contributed by atoms with Gasteiger partial charge in [-0.1, -0.05) is 25.5 Å². The summed E-state index contributed by atoms with van der Waals surface area (Å²) in [6.45, 7) is 4.05. The van der Waals surface area contributed by atoms with E-state index in [-0.39, 0.29) is 12.5 Å². The molecule has 2 aromatic rings. The smallest absolute Gasteiger partial charge is 0.341 e. The molecule has 1 aliphatic rings. The summed E-state index contributed by atoms with van der Waals surface area (Å²) in [4.78, 5) is 25.9. The summed E-state index contributed by atoms with van der Waals surface area (Å²) >= 11 is 1.49. The Morgan fingerprint density at radius 1 is 1.33 bits per heavy atom. The third-order valence-corrected chi connectivity index (χ3v) is 6.12. The minimum atomic E-state index is -0.391. The van der Waals surface area contributed by atoms with Gasteiger partial charge in [0.25, 0.3) is 5.91 Å². The largest absolute Gasteiger partial charge is 0.484 e. The van der Waals surface area contributed by atoms with Crippen LogP contribution in [0.25, 0.3) is 0 Å². The van der Waals surface area contributed by atoms with Crippen LogP contribution >= 0.6 is 11.3 Å². The van der Waals surface area contributed by atoms with Gasteiger partial charge in [0.15, 0.2) is 6.61 Å². The maximum atomic E-state index is 12.4. The Morgan fingerprint density at radius 3 is 2.85 bits per heavy atom. The van der Waals surface area contributed by atoms with Crippen molar-refractivity contribution < 1.29 is 19.1 Å². The summed E-state index contributed by atoms with van der Waals surface area (Å²) in [5, 5.41) is 3.43. The van der Waals surface area contributed by atoms with Crippen LogP contribution in [0.1, 0.15) is 46.1 Å². The van der Waals surface area contributed by atoms with E-state index in [1.807, 2.05) is 31.2 Å². The molecule has 5 nitrogen and oxygen atoms in total. The molecule has 1 atom stereocenters. The van der Waals surface area contributed by atoms with Crippen LogP contribution in [-0.2, 0) is 22.4 Å². The number of thiophene rings is 1. The fourth-order valence-electron chi connectivity index (χ4n) is 3.43. The first kappa shape index (κ1) is 19.4. The average Bonchev–Trinajstić information content (AvgIpc) is 3.02. The van der Waals surface area contributed by atoms with Gasteiger partial charge in [0.2, 0.25) is 0 Å². The van der Waals surface area contributed by atoms with Gasteiger partial charge in [-0.05, 0) is 55.4 Å². The van der Waals surface area contributed by atoms with Crippen molar-refractivity contribution in [3.63, 3.8) is 0 Å². The summed E-state index contributed by atoms with van der Waals surface area (Å²) in [6.07, 6.45) is 3.99. The quantitative estimate of drug-likeness (QED) is 0.747. The van der Waals surface area contributed by atoms with E-state index in [9.17, 15) is 9.59 Å². The highest BCUT2D eigenvalue weighted by Crippen LogP contribution is 2.40. The Labute approximate surface area is 163 Å². The van der Waals surface area contributed by atoms with Crippen molar-refractivity contribution in [3.05, 3.63) is 45.8 Å². The molecule has 1 amide bonds. The van der Waals surface area contributed by atoms with Crippen molar-refractivity contribution in [1.29, 1.82) is 0 Å². The zero-order valence-electron chi connectivity index (χ0n) is 16.0. The molecular weight excluding hydrogens is 362 g/mol. The highest BCUT2D eigenvalue weighted by molar-refractivity contribution is 7.17. The van der Waals surface area contributed by atoms with E-state index in [0.29, 0.717) is 22.2 Å². The van der Waals surface area contributed by atoms with Crippen molar-refractivity contribution in [2.45, 2.75) is 39.5 Å². The SMILES string of the molecule is CCC1CCc2c(sc(NC(=O)COc3cccc(C)c3)c2C(=O)OC)C1. The number of ether oxygens (including phenoxy) is 2. The van der Waals surface area contributed by atoms with Crippen LogP contribution in [0, 0.1) is 12.8 Å². The van der Waals surface area contributed by atoms with Gasteiger partial charge in [-0.25, -0.2) is 4.79 Å². The van der Waals surface area contributed by atoms with E-state index in [2.05, 4.69) is 12.2 Å². The van der Waals surface area contributed by atoms with Crippen LogP contribution in [0.15, 0.2) is 24.3 Å². The third kappa shape index (κ3) is 4.50. The molecule has 0 aliphatic heterocycles.